The molecule has 1 aromatic heterocycles. The molecule has 0 aromatic carbocycles. The molecule has 5 heteroatoms. The van der Waals surface area contributed by atoms with E-state index < -0.39 is 0 Å². The van der Waals surface area contributed by atoms with Crippen LogP contribution < -0.4 is 11.1 Å². The Kier molecular flexibility index (Phi) is 3.88. The Labute approximate surface area is 100 Å². The third-order valence-corrected chi connectivity index (χ3v) is 4.06. The highest BCUT2D eigenvalue weighted by atomic mass is 32.2. The van der Waals surface area contributed by atoms with Crippen molar-refractivity contribution >= 4 is 23.5 Å². The Bertz CT molecular complexity index is 345. The van der Waals surface area contributed by atoms with Crippen molar-refractivity contribution in [3.63, 3.8) is 0 Å². The fourth-order valence-corrected chi connectivity index (χ4v) is 2.94. The first-order valence-electron chi connectivity index (χ1n) is 5.66. The van der Waals surface area contributed by atoms with Crippen LogP contribution in [0.1, 0.15) is 25.7 Å². The Morgan fingerprint density at radius 1 is 1.50 bits per heavy atom. The molecule has 1 fully saturated rings. The van der Waals surface area contributed by atoms with Crippen LogP contribution in [0, 0.1) is 0 Å². The molecule has 4 nitrogen and oxygen atoms in total. The number of hydrogen-bond acceptors (Lipinski definition) is 5. The molecule has 0 bridgehead atoms. The highest BCUT2D eigenvalue weighted by Gasteiger charge is 2.21. The van der Waals surface area contributed by atoms with Gasteiger partial charge in [0.2, 0.25) is 5.95 Å². The van der Waals surface area contributed by atoms with Gasteiger partial charge in [-0.05, 0) is 31.6 Å². The van der Waals surface area contributed by atoms with Crippen LogP contribution in [0.2, 0.25) is 0 Å². The first-order chi connectivity index (χ1) is 7.78. The third-order valence-electron chi connectivity index (χ3n) is 2.97. The number of nitrogen functional groups attached to an aromatic ring is 1. The molecule has 88 valence electrons. The van der Waals surface area contributed by atoms with E-state index in [2.05, 4.69) is 21.5 Å². The van der Waals surface area contributed by atoms with E-state index in [0.29, 0.717) is 17.8 Å². The van der Waals surface area contributed by atoms with Gasteiger partial charge in [0.15, 0.2) is 0 Å². The summed E-state index contributed by atoms with van der Waals surface area (Å²) in [5, 5.41) is 4.14. The molecule has 0 saturated heterocycles. The number of nitrogens with two attached hydrogens (primary N) is 1. The third kappa shape index (κ3) is 3.01. The Balaban J connectivity index is 1.94. The van der Waals surface area contributed by atoms with Gasteiger partial charge in [-0.15, -0.1) is 0 Å². The number of aromatic nitrogens is 2. The monoisotopic (exact) mass is 238 g/mol. The van der Waals surface area contributed by atoms with Crippen molar-refractivity contribution in [3.8, 4) is 0 Å². The Morgan fingerprint density at radius 3 is 3.12 bits per heavy atom. The van der Waals surface area contributed by atoms with Gasteiger partial charge in [-0.1, -0.05) is 6.42 Å². The van der Waals surface area contributed by atoms with E-state index in [1.165, 1.54) is 25.7 Å². The Morgan fingerprint density at radius 2 is 2.38 bits per heavy atom. The maximum Gasteiger partial charge on any atom is 0.224 e. The minimum absolute atomic E-state index is 0.494. The summed E-state index contributed by atoms with van der Waals surface area (Å²) in [7, 11) is 0. The predicted molar refractivity (Wildman–Crippen MR) is 69.6 cm³/mol. The van der Waals surface area contributed by atoms with Gasteiger partial charge in [0.25, 0.3) is 0 Å². The first kappa shape index (κ1) is 11.5. The number of anilines is 2. The average molecular weight is 238 g/mol. The van der Waals surface area contributed by atoms with Crippen molar-refractivity contribution in [1.82, 2.24) is 9.97 Å². The number of hydrogen-bond donors (Lipinski definition) is 2. The maximum atomic E-state index is 5.62. The molecule has 2 unspecified atom stereocenters. The standard InChI is InChI=1S/C11H18N4S/c1-16-9-4-2-3-8(7-9)14-11-13-6-5-10(12)15-11/h5-6,8-9H,2-4,7H2,1H3,(H3,12,13,14,15). The van der Waals surface area contributed by atoms with Crippen LogP contribution in [-0.4, -0.2) is 27.5 Å². The van der Waals surface area contributed by atoms with Gasteiger partial charge in [0.1, 0.15) is 5.82 Å². The average Bonchev–Trinajstić information content (AvgIpc) is 2.29. The number of nitrogens with zero attached hydrogens (tertiary/aromatic N) is 2. The summed E-state index contributed by atoms with van der Waals surface area (Å²) in [6.07, 6.45) is 8.89. The largest absolute Gasteiger partial charge is 0.384 e. The molecule has 0 radical (unpaired) electrons. The zero-order chi connectivity index (χ0) is 11.4. The van der Waals surface area contributed by atoms with Gasteiger partial charge < -0.3 is 11.1 Å². The van der Waals surface area contributed by atoms with Gasteiger partial charge in [0.05, 0.1) is 0 Å². The summed E-state index contributed by atoms with van der Waals surface area (Å²) < 4.78 is 0. The van der Waals surface area contributed by atoms with Crippen molar-refractivity contribution < 1.29 is 0 Å². The normalized spacial score (nSPS) is 25.3. The highest BCUT2D eigenvalue weighted by Crippen LogP contribution is 2.28. The second-order valence-electron chi connectivity index (χ2n) is 4.17. The van der Waals surface area contributed by atoms with Gasteiger partial charge in [-0.2, -0.15) is 16.7 Å². The molecule has 1 heterocycles. The van der Waals surface area contributed by atoms with Crippen LogP contribution in [0.25, 0.3) is 0 Å². The minimum Gasteiger partial charge on any atom is -0.384 e. The molecule has 2 rings (SSSR count). The van der Waals surface area contributed by atoms with E-state index in [4.69, 9.17) is 5.73 Å². The topological polar surface area (TPSA) is 63.8 Å². The smallest absolute Gasteiger partial charge is 0.224 e. The molecule has 1 aromatic rings. The number of nitrogens with one attached hydrogen (secondary N) is 1. The zero-order valence-corrected chi connectivity index (χ0v) is 10.3. The fourth-order valence-electron chi connectivity index (χ4n) is 2.11. The molecule has 0 spiro atoms. The molecule has 1 saturated carbocycles. The predicted octanol–water partition coefficient (Wildman–Crippen LogP) is 2.14. The van der Waals surface area contributed by atoms with Crippen LogP contribution in [0.3, 0.4) is 0 Å². The molecule has 3 N–H and O–H groups in total. The summed E-state index contributed by atoms with van der Waals surface area (Å²) in [5.41, 5.74) is 5.62. The van der Waals surface area contributed by atoms with E-state index in [1.54, 1.807) is 12.3 Å². The second-order valence-corrected chi connectivity index (χ2v) is 5.31. The van der Waals surface area contributed by atoms with Crippen molar-refractivity contribution in [1.29, 1.82) is 0 Å². The molecule has 1 aliphatic rings. The van der Waals surface area contributed by atoms with Crippen LogP contribution in [-0.2, 0) is 0 Å². The van der Waals surface area contributed by atoms with Crippen molar-refractivity contribution in [2.24, 2.45) is 0 Å². The lowest BCUT2D eigenvalue weighted by Gasteiger charge is -2.28. The van der Waals surface area contributed by atoms with Gasteiger partial charge in [-0.25, -0.2) is 4.98 Å². The lowest BCUT2D eigenvalue weighted by Crippen LogP contribution is -2.29. The molecule has 0 amide bonds. The van der Waals surface area contributed by atoms with Crippen molar-refractivity contribution in [2.75, 3.05) is 17.3 Å². The highest BCUT2D eigenvalue weighted by molar-refractivity contribution is 7.99. The Hall–Kier alpha value is -0.970. The van der Waals surface area contributed by atoms with Crippen LogP contribution >= 0.6 is 11.8 Å². The van der Waals surface area contributed by atoms with Gasteiger partial charge >= 0.3 is 0 Å². The van der Waals surface area contributed by atoms with Crippen molar-refractivity contribution in [2.45, 2.75) is 37.0 Å². The van der Waals surface area contributed by atoms with Crippen LogP contribution in [0.5, 0.6) is 0 Å². The summed E-state index contributed by atoms with van der Waals surface area (Å²) in [5.74, 6) is 1.18. The molecule has 2 atom stereocenters. The van der Waals surface area contributed by atoms with E-state index >= 15 is 0 Å². The van der Waals surface area contributed by atoms with Crippen molar-refractivity contribution in [3.05, 3.63) is 12.3 Å². The second kappa shape index (κ2) is 5.39. The summed E-state index contributed by atoms with van der Waals surface area (Å²) >= 11 is 1.96. The fraction of sp³-hybridized carbons (Fsp3) is 0.636. The van der Waals surface area contributed by atoms with E-state index in [0.717, 1.165) is 5.25 Å². The number of thioether (sulfide) groups is 1. The van der Waals surface area contributed by atoms with E-state index in [9.17, 15) is 0 Å². The first-order valence-corrected chi connectivity index (χ1v) is 6.94. The molecular formula is C11H18N4S. The molecule has 1 aliphatic carbocycles. The van der Waals surface area contributed by atoms with E-state index in [1.807, 2.05) is 11.8 Å². The summed E-state index contributed by atoms with van der Waals surface area (Å²) in [6.45, 7) is 0. The maximum absolute atomic E-state index is 5.62. The van der Waals surface area contributed by atoms with Gasteiger partial charge in [-0.3, -0.25) is 0 Å². The quantitative estimate of drug-likeness (QED) is 0.844. The summed E-state index contributed by atoms with van der Waals surface area (Å²) in [6, 6.07) is 2.20. The molecule has 16 heavy (non-hydrogen) atoms. The van der Waals surface area contributed by atoms with E-state index in [-0.39, 0.29) is 0 Å². The lowest BCUT2D eigenvalue weighted by atomic mass is 9.95. The minimum atomic E-state index is 0.494. The molecule has 0 aliphatic heterocycles. The summed E-state index contributed by atoms with van der Waals surface area (Å²) in [4.78, 5) is 8.34. The van der Waals surface area contributed by atoms with Crippen LogP contribution in [0.4, 0.5) is 11.8 Å². The van der Waals surface area contributed by atoms with Crippen LogP contribution in [0.15, 0.2) is 12.3 Å². The molecular weight excluding hydrogens is 220 g/mol. The van der Waals surface area contributed by atoms with Gasteiger partial charge in [0, 0.05) is 17.5 Å². The zero-order valence-electron chi connectivity index (χ0n) is 9.52. The SMILES string of the molecule is CSC1CCCC(Nc2nccc(N)n2)C1. The lowest BCUT2D eigenvalue weighted by molar-refractivity contribution is 0.471. The number of rotatable bonds is 3.